The van der Waals surface area contributed by atoms with E-state index in [1.165, 1.54) is 29.1 Å². The molecule has 32 heavy (non-hydrogen) atoms. The van der Waals surface area contributed by atoms with Crippen molar-refractivity contribution in [3.8, 4) is 0 Å². The summed E-state index contributed by atoms with van der Waals surface area (Å²) < 4.78 is 40.2. The second kappa shape index (κ2) is 7.77. The van der Waals surface area contributed by atoms with Crippen molar-refractivity contribution in [2.24, 2.45) is 0 Å². The molecule has 1 aromatic carbocycles. The average molecular weight is 443 g/mol. The van der Waals surface area contributed by atoms with E-state index in [0.29, 0.717) is 17.7 Å². The van der Waals surface area contributed by atoms with Gasteiger partial charge in [0.1, 0.15) is 11.5 Å². The van der Waals surface area contributed by atoms with Gasteiger partial charge in [0.05, 0.1) is 29.4 Å². The first-order valence-corrected chi connectivity index (χ1v) is 9.89. The zero-order chi connectivity index (χ0) is 23.2. The number of aryl methyl sites for hydroxylation is 1. The lowest BCUT2D eigenvalue weighted by Crippen LogP contribution is -2.29. The van der Waals surface area contributed by atoms with Crippen LogP contribution < -0.4 is 11.1 Å². The van der Waals surface area contributed by atoms with Crippen molar-refractivity contribution in [1.29, 1.82) is 0 Å². The van der Waals surface area contributed by atoms with E-state index in [2.05, 4.69) is 15.4 Å². The number of pyridine rings is 1. The van der Waals surface area contributed by atoms with E-state index in [0.717, 1.165) is 12.1 Å². The smallest absolute Gasteiger partial charge is 0.384 e. The number of hydrogen-bond acceptors (Lipinski definition) is 5. The molecular weight excluding hydrogens is 423 g/mol. The van der Waals surface area contributed by atoms with Crippen LogP contribution >= 0.6 is 0 Å². The van der Waals surface area contributed by atoms with Crippen molar-refractivity contribution in [3.63, 3.8) is 0 Å². The summed E-state index contributed by atoms with van der Waals surface area (Å²) in [5.41, 5.74) is 6.71. The lowest BCUT2D eigenvalue weighted by molar-refractivity contribution is -0.137. The maximum Gasteiger partial charge on any atom is 0.416 e. The van der Waals surface area contributed by atoms with Gasteiger partial charge >= 0.3 is 6.18 Å². The predicted molar refractivity (Wildman–Crippen MR) is 111 cm³/mol. The monoisotopic (exact) mass is 443 g/mol. The van der Waals surface area contributed by atoms with Gasteiger partial charge < -0.3 is 11.1 Å². The molecule has 0 bridgehead atoms. The van der Waals surface area contributed by atoms with E-state index in [-0.39, 0.29) is 34.6 Å². The van der Waals surface area contributed by atoms with Crippen LogP contribution in [0.1, 0.15) is 63.0 Å². The average Bonchev–Trinajstić information content (AvgIpc) is 3.14. The fraction of sp³-hybridized carbons (Fsp3) is 0.273. The molecule has 2 aromatic heterocycles. The van der Waals surface area contributed by atoms with E-state index in [9.17, 15) is 22.8 Å². The van der Waals surface area contributed by atoms with Crippen molar-refractivity contribution < 1.29 is 22.8 Å². The molecular formula is C22H20F3N5O2. The number of alkyl halides is 3. The summed E-state index contributed by atoms with van der Waals surface area (Å²) in [6, 6.07) is 7.39. The minimum absolute atomic E-state index is 0.194. The van der Waals surface area contributed by atoms with Gasteiger partial charge in [-0.3, -0.25) is 14.3 Å². The molecule has 0 saturated heterocycles. The van der Waals surface area contributed by atoms with Gasteiger partial charge in [-0.25, -0.2) is 4.98 Å². The van der Waals surface area contributed by atoms with Crippen LogP contribution in [0.15, 0.2) is 42.6 Å². The molecule has 7 nitrogen and oxygen atoms in total. The van der Waals surface area contributed by atoms with Crippen LogP contribution in [-0.4, -0.2) is 26.5 Å². The van der Waals surface area contributed by atoms with Crippen molar-refractivity contribution >= 4 is 23.2 Å². The quantitative estimate of drug-likeness (QED) is 0.626. The van der Waals surface area contributed by atoms with Crippen LogP contribution in [0.25, 0.3) is 0 Å². The number of halogens is 3. The highest BCUT2D eigenvalue weighted by Gasteiger charge is 2.37. The third-order valence-electron chi connectivity index (χ3n) is 5.46. The summed E-state index contributed by atoms with van der Waals surface area (Å²) in [7, 11) is 0. The number of ketones is 1. The number of nitrogens with zero attached hydrogens (tertiary/aromatic N) is 3. The van der Waals surface area contributed by atoms with Crippen LogP contribution in [0, 0.1) is 6.92 Å². The van der Waals surface area contributed by atoms with Gasteiger partial charge in [0, 0.05) is 11.3 Å². The van der Waals surface area contributed by atoms with Gasteiger partial charge in [0.15, 0.2) is 5.78 Å². The molecule has 166 valence electrons. The molecule has 3 aromatic rings. The maximum atomic E-state index is 13.3. The van der Waals surface area contributed by atoms with Gasteiger partial charge in [0.25, 0.3) is 5.91 Å². The zero-order valence-electron chi connectivity index (χ0n) is 17.3. The second-order valence-corrected chi connectivity index (χ2v) is 7.85. The number of anilines is 2. The van der Waals surface area contributed by atoms with E-state index in [4.69, 9.17) is 5.73 Å². The van der Waals surface area contributed by atoms with Gasteiger partial charge in [-0.2, -0.15) is 18.3 Å². The first-order chi connectivity index (χ1) is 15.0. The molecule has 0 radical (unpaired) electrons. The number of Topliss-reactive ketones (excluding diaryl/α,β-unsaturated/α-hetero) is 1. The van der Waals surface area contributed by atoms with E-state index >= 15 is 0 Å². The van der Waals surface area contributed by atoms with Crippen LogP contribution in [-0.2, 0) is 6.18 Å². The predicted octanol–water partition coefficient (Wildman–Crippen LogP) is 4.37. The third kappa shape index (κ3) is 3.95. The minimum Gasteiger partial charge on any atom is -0.384 e. The Labute approximate surface area is 181 Å². The summed E-state index contributed by atoms with van der Waals surface area (Å²) in [6.45, 7) is 3.56. The number of nitrogen functional groups attached to an aromatic ring is 1. The Hall–Kier alpha value is -3.69. The van der Waals surface area contributed by atoms with Crippen molar-refractivity contribution in [2.45, 2.75) is 38.4 Å². The van der Waals surface area contributed by atoms with E-state index in [1.54, 1.807) is 13.0 Å². The summed E-state index contributed by atoms with van der Waals surface area (Å²) in [5, 5.41) is 6.94. The Balaban J connectivity index is 1.64. The van der Waals surface area contributed by atoms with Gasteiger partial charge in [0.2, 0.25) is 0 Å². The highest BCUT2D eigenvalue weighted by Crippen LogP contribution is 2.39. The molecule has 0 saturated carbocycles. The maximum absolute atomic E-state index is 13.3. The van der Waals surface area contributed by atoms with Gasteiger partial charge in [-0.1, -0.05) is 12.1 Å². The number of aromatic nitrogens is 3. The number of nitrogens with two attached hydrogens (primary N) is 1. The number of carbonyl (C=O) groups excluding carboxylic acids is 2. The molecule has 10 heteroatoms. The molecule has 1 unspecified atom stereocenters. The Bertz CT molecular complexity index is 1180. The molecule has 4 rings (SSSR count). The normalized spacial score (nSPS) is 18.3. The molecule has 2 atom stereocenters. The fourth-order valence-corrected chi connectivity index (χ4v) is 3.96. The van der Waals surface area contributed by atoms with Crippen LogP contribution in [0.2, 0.25) is 0 Å². The molecule has 1 amide bonds. The van der Waals surface area contributed by atoms with Gasteiger partial charge in [-0.15, -0.1) is 0 Å². The van der Waals surface area contributed by atoms with Crippen LogP contribution in [0.4, 0.5) is 24.7 Å². The fourth-order valence-electron chi connectivity index (χ4n) is 3.96. The Morgan fingerprint density at radius 3 is 2.53 bits per heavy atom. The Morgan fingerprint density at radius 2 is 1.91 bits per heavy atom. The second-order valence-electron chi connectivity index (χ2n) is 7.85. The van der Waals surface area contributed by atoms with Crippen molar-refractivity contribution in [3.05, 3.63) is 70.7 Å². The Morgan fingerprint density at radius 1 is 1.22 bits per heavy atom. The SMILES string of the molecule is Cc1cc(C(=O)Nc2cnn3c2C(=O)C(c2ccc(C(F)(F)F)cc2)C[C@@H]3C)cc(N)n1. The lowest BCUT2D eigenvalue weighted by atomic mass is 9.84. The van der Waals surface area contributed by atoms with Crippen LogP contribution in [0.3, 0.4) is 0 Å². The standard InChI is InChI=1S/C22H20F3N5O2/c1-11-7-14(9-18(26)28-11)21(32)29-17-10-27-30-12(2)8-16(20(31)19(17)30)13-3-5-15(6-4-13)22(23,24)25/h3-7,9-10,12,16H,8H2,1-2H3,(H2,26,28)(H,29,32)/t12-,16?/m0/s1. The summed E-state index contributed by atoms with van der Waals surface area (Å²) in [6.07, 6.45) is -2.67. The summed E-state index contributed by atoms with van der Waals surface area (Å²) in [5.74, 6) is -1.25. The van der Waals surface area contributed by atoms with Crippen molar-refractivity contribution in [2.75, 3.05) is 11.1 Å². The number of hydrogen-bond donors (Lipinski definition) is 2. The number of benzene rings is 1. The minimum atomic E-state index is -4.45. The Kier molecular flexibility index (Phi) is 5.23. The zero-order valence-corrected chi connectivity index (χ0v) is 17.3. The lowest BCUT2D eigenvalue weighted by Gasteiger charge is -2.28. The molecule has 1 aliphatic rings. The van der Waals surface area contributed by atoms with Gasteiger partial charge in [-0.05, 0) is 50.1 Å². The number of nitrogens with one attached hydrogen (secondary N) is 1. The van der Waals surface area contributed by atoms with E-state index < -0.39 is 23.6 Å². The number of carbonyl (C=O) groups is 2. The molecule has 0 spiro atoms. The highest BCUT2D eigenvalue weighted by molar-refractivity contribution is 6.10. The topological polar surface area (TPSA) is 103 Å². The molecule has 0 aliphatic carbocycles. The summed E-state index contributed by atoms with van der Waals surface area (Å²) in [4.78, 5) is 30.0. The first kappa shape index (κ1) is 21.5. The third-order valence-corrected chi connectivity index (χ3v) is 5.46. The highest BCUT2D eigenvalue weighted by atomic mass is 19.4. The summed E-state index contributed by atoms with van der Waals surface area (Å²) >= 11 is 0. The molecule has 1 aliphatic heterocycles. The largest absolute Gasteiger partial charge is 0.416 e. The number of rotatable bonds is 3. The first-order valence-electron chi connectivity index (χ1n) is 9.89. The molecule has 3 heterocycles. The van der Waals surface area contributed by atoms with E-state index in [1.807, 2.05) is 6.92 Å². The molecule has 0 fully saturated rings. The number of fused-ring (bicyclic) bond motifs is 1. The van der Waals surface area contributed by atoms with Crippen molar-refractivity contribution in [1.82, 2.24) is 14.8 Å². The number of amides is 1. The van der Waals surface area contributed by atoms with Crippen LogP contribution in [0.5, 0.6) is 0 Å². The molecule has 3 N–H and O–H groups in total.